The van der Waals surface area contributed by atoms with Gasteiger partial charge in [-0.05, 0) is 32.0 Å². The molecule has 1 unspecified atom stereocenters. The van der Waals surface area contributed by atoms with Crippen LogP contribution >= 0.6 is 27.5 Å². The molecule has 0 aliphatic rings. The second-order valence-corrected chi connectivity index (χ2v) is 5.95. The Kier molecular flexibility index (Phi) is 4.73. The molecule has 6 heteroatoms. The van der Waals surface area contributed by atoms with E-state index in [-0.39, 0.29) is 0 Å². The first kappa shape index (κ1) is 15.4. The Morgan fingerprint density at radius 2 is 2.20 bits per heavy atom. The van der Waals surface area contributed by atoms with Crippen LogP contribution in [0.1, 0.15) is 30.0 Å². The second kappa shape index (κ2) is 6.16. The second-order valence-electron chi connectivity index (χ2n) is 4.66. The van der Waals surface area contributed by atoms with Crippen molar-refractivity contribution in [1.29, 1.82) is 0 Å². The van der Waals surface area contributed by atoms with Crippen molar-refractivity contribution in [3.8, 4) is 0 Å². The molecule has 0 spiro atoms. The molecule has 0 radical (unpaired) electrons. The first-order valence-electron chi connectivity index (χ1n) is 6.38. The van der Waals surface area contributed by atoms with Gasteiger partial charge in [-0.25, -0.2) is 0 Å². The van der Waals surface area contributed by atoms with Crippen LogP contribution in [-0.2, 0) is 13.0 Å². The molecule has 0 amide bonds. The first-order chi connectivity index (χ1) is 9.43. The minimum absolute atomic E-state index is 0.383. The van der Waals surface area contributed by atoms with Crippen LogP contribution in [0.25, 0.3) is 0 Å². The van der Waals surface area contributed by atoms with Gasteiger partial charge in [0.25, 0.3) is 0 Å². The number of nitrogens with two attached hydrogens (primary N) is 1. The largest absolute Gasteiger partial charge is 0.398 e. The van der Waals surface area contributed by atoms with Crippen LogP contribution in [0.3, 0.4) is 0 Å². The summed E-state index contributed by atoms with van der Waals surface area (Å²) in [4.78, 5) is 0. The van der Waals surface area contributed by atoms with E-state index in [4.69, 9.17) is 17.3 Å². The molecule has 1 aromatic carbocycles. The summed E-state index contributed by atoms with van der Waals surface area (Å²) in [5, 5.41) is 15.4. The zero-order valence-corrected chi connectivity index (χ0v) is 13.7. The van der Waals surface area contributed by atoms with E-state index in [1.165, 1.54) is 0 Å². The molecule has 4 nitrogen and oxygen atoms in total. The number of anilines is 1. The molecule has 0 saturated carbocycles. The van der Waals surface area contributed by atoms with Gasteiger partial charge in [-0.1, -0.05) is 27.5 Å². The molecule has 20 heavy (non-hydrogen) atoms. The fourth-order valence-corrected chi connectivity index (χ4v) is 2.78. The van der Waals surface area contributed by atoms with Gasteiger partial charge >= 0.3 is 0 Å². The molecule has 1 atom stereocenters. The zero-order chi connectivity index (χ0) is 14.9. The van der Waals surface area contributed by atoms with Gasteiger partial charge in [0.2, 0.25) is 0 Å². The highest BCUT2D eigenvalue weighted by Gasteiger charge is 2.19. The lowest BCUT2D eigenvalue weighted by Crippen LogP contribution is -2.10. The van der Waals surface area contributed by atoms with Crippen molar-refractivity contribution in [2.75, 3.05) is 5.73 Å². The van der Waals surface area contributed by atoms with Crippen molar-refractivity contribution in [1.82, 2.24) is 9.78 Å². The SMILES string of the molecule is CCn1nc(C)c(Cl)c1CC(O)c1cc(Br)ccc1N. The Balaban J connectivity index is 2.32. The van der Waals surface area contributed by atoms with Crippen LogP contribution in [-0.4, -0.2) is 14.9 Å². The molecular weight excluding hydrogens is 342 g/mol. The molecule has 0 aliphatic carbocycles. The Bertz CT molecular complexity index is 627. The van der Waals surface area contributed by atoms with Crippen LogP contribution in [0.15, 0.2) is 22.7 Å². The first-order valence-corrected chi connectivity index (χ1v) is 7.55. The van der Waals surface area contributed by atoms with Gasteiger partial charge in [0.1, 0.15) is 0 Å². The molecule has 1 aromatic heterocycles. The van der Waals surface area contributed by atoms with Crippen LogP contribution in [0, 0.1) is 6.92 Å². The van der Waals surface area contributed by atoms with Crippen molar-refractivity contribution in [3.63, 3.8) is 0 Å². The number of halogens is 2. The molecule has 3 N–H and O–H groups in total. The van der Waals surface area contributed by atoms with E-state index < -0.39 is 6.10 Å². The van der Waals surface area contributed by atoms with Crippen molar-refractivity contribution in [2.24, 2.45) is 0 Å². The smallest absolute Gasteiger partial charge is 0.0866 e. The van der Waals surface area contributed by atoms with E-state index in [0.29, 0.717) is 29.2 Å². The number of aryl methyl sites for hydroxylation is 2. The minimum Gasteiger partial charge on any atom is -0.398 e. The summed E-state index contributed by atoms with van der Waals surface area (Å²) < 4.78 is 2.70. The number of nitrogen functional groups attached to an aromatic ring is 1. The Labute approximate surface area is 131 Å². The molecule has 0 saturated heterocycles. The number of aliphatic hydroxyl groups excluding tert-OH is 1. The lowest BCUT2D eigenvalue weighted by Gasteiger charge is -2.15. The maximum Gasteiger partial charge on any atom is 0.0866 e. The van der Waals surface area contributed by atoms with Gasteiger partial charge < -0.3 is 10.8 Å². The molecule has 0 aliphatic heterocycles. The molecule has 0 fully saturated rings. The van der Waals surface area contributed by atoms with Gasteiger partial charge in [-0.15, -0.1) is 0 Å². The van der Waals surface area contributed by atoms with Crippen LogP contribution < -0.4 is 5.73 Å². The van der Waals surface area contributed by atoms with Crippen molar-refractivity contribution in [2.45, 2.75) is 32.9 Å². The molecule has 108 valence electrons. The summed E-state index contributed by atoms with van der Waals surface area (Å²) in [6.45, 7) is 4.56. The fraction of sp³-hybridized carbons (Fsp3) is 0.357. The third-order valence-electron chi connectivity index (χ3n) is 3.25. The average Bonchev–Trinajstić information content (AvgIpc) is 2.69. The van der Waals surface area contributed by atoms with E-state index in [1.54, 1.807) is 6.07 Å². The van der Waals surface area contributed by atoms with Crippen LogP contribution in [0.2, 0.25) is 5.02 Å². The number of hydrogen-bond donors (Lipinski definition) is 2. The summed E-state index contributed by atoms with van der Waals surface area (Å²) in [7, 11) is 0. The molecule has 2 aromatic rings. The summed E-state index contributed by atoms with van der Waals surface area (Å²) in [5.41, 5.74) is 8.79. The predicted molar refractivity (Wildman–Crippen MR) is 84.9 cm³/mol. The van der Waals surface area contributed by atoms with Gasteiger partial charge in [-0.3, -0.25) is 4.68 Å². The predicted octanol–water partition coefficient (Wildman–Crippen LogP) is 3.49. The van der Waals surface area contributed by atoms with Crippen LogP contribution in [0.5, 0.6) is 0 Å². The lowest BCUT2D eigenvalue weighted by atomic mass is 10.0. The summed E-state index contributed by atoms with van der Waals surface area (Å²) in [6.07, 6.45) is -0.333. The Hall–Kier alpha value is -1.04. The van der Waals surface area contributed by atoms with Crippen molar-refractivity contribution in [3.05, 3.63) is 44.6 Å². The zero-order valence-electron chi connectivity index (χ0n) is 11.4. The summed E-state index contributed by atoms with van der Waals surface area (Å²) in [6, 6.07) is 5.44. The van der Waals surface area contributed by atoms with E-state index in [1.807, 2.05) is 30.7 Å². The third kappa shape index (κ3) is 3.00. The summed E-state index contributed by atoms with van der Waals surface area (Å²) >= 11 is 9.65. The van der Waals surface area contributed by atoms with Crippen molar-refractivity contribution < 1.29 is 5.11 Å². The number of rotatable bonds is 4. The highest BCUT2D eigenvalue weighted by atomic mass is 79.9. The molecule has 0 bridgehead atoms. The van der Waals surface area contributed by atoms with Gasteiger partial charge in [0.05, 0.1) is 22.5 Å². The highest BCUT2D eigenvalue weighted by molar-refractivity contribution is 9.10. The topological polar surface area (TPSA) is 64.1 Å². The molecular formula is C14H17BrClN3O. The van der Waals surface area contributed by atoms with E-state index in [9.17, 15) is 5.11 Å². The number of hydrogen-bond acceptors (Lipinski definition) is 3. The molecule has 1 heterocycles. The molecule has 2 rings (SSSR count). The average molecular weight is 359 g/mol. The van der Waals surface area contributed by atoms with Gasteiger partial charge in [0, 0.05) is 28.7 Å². The van der Waals surface area contributed by atoms with E-state index >= 15 is 0 Å². The van der Waals surface area contributed by atoms with Gasteiger partial charge in [0.15, 0.2) is 0 Å². The summed E-state index contributed by atoms with van der Waals surface area (Å²) in [5.74, 6) is 0. The Morgan fingerprint density at radius 1 is 1.50 bits per heavy atom. The normalized spacial score (nSPS) is 12.7. The number of aromatic nitrogens is 2. The fourth-order valence-electron chi connectivity index (χ4n) is 2.19. The number of benzene rings is 1. The number of aliphatic hydroxyl groups is 1. The minimum atomic E-state index is -0.716. The van der Waals surface area contributed by atoms with E-state index in [2.05, 4.69) is 21.0 Å². The van der Waals surface area contributed by atoms with Gasteiger partial charge in [-0.2, -0.15) is 5.10 Å². The van der Waals surface area contributed by atoms with Crippen LogP contribution in [0.4, 0.5) is 5.69 Å². The monoisotopic (exact) mass is 357 g/mol. The third-order valence-corrected chi connectivity index (χ3v) is 4.23. The quantitative estimate of drug-likeness (QED) is 0.822. The van der Waals surface area contributed by atoms with Crippen molar-refractivity contribution >= 4 is 33.2 Å². The van der Waals surface area contributed by atoms with E-state index in [0.717, 1.165) is 15.9 Å². The highest BCUT2D eigenvalue weighted by Crippen LogP contribution is 2.30. The Morgan fingerprint density at radius 3 is 2.85 bits per heavy atom. The standard InChI is InChI=1S/C14H17BrClN3O/c1-3-19-12(14(16)8(2)18-19)7-13(20)10-6-9(15)4-5-11(10)17/h4-6,13,20H,3,7,17H2,1-2H3. The number of nitrogens with zero attached hydrogens (tertiary/aromatic N) is 2. The maximum absolute atomic E-state index is 10.4. The lowest BCUT2D eigenvalue weighted by molar-refractivity contribution is 0.176. The maximum atomic E-state index is 10.4.